The first-order valence-electron chi connectivity index (χ1n) is 10.5. The molecule has 0 radical (unpaired) electrons. The summed E-state index contributed by atoms with van der Waals surface area (Å²) in [6, 6.07) is 8.42. The number of anilines is 1. The van der Waals surface area contributed by atoms with Crippen molar-refractivity contribution in [2.75, 3.05) is 77.0 Å². The quantitative estimate of drug-likeness (QED) is 0.722. The number of rotatable bonds is 4. The molecule has 28 heavy (non-hydrogen) atoms. The molecule has 3 heterocycles. The lowest BCUT2D eigenvalue weighted by Gasteiger charge is -2.36. The van der Waals surface area contributed by atoms with E-state index in [0.29, 0.717) is 39.4 Å². The molecule has 1 aromatic rings. The van der Waals surface area contributed by atoms with Crippen molar-refractivity contribution in [3.05, 3.63) is 29.8 Å². The molecule has 4 rings (SSSR count). The Morgan fingerprint density at radius 3 is 2.43 bits per heavy atom. The molecule has 1 aromatic carbocycles. The molecule has 0 bridgehead atoms. The number of morpholine rings is 1. The first-order chi connectivity index (χ1) is 13.7. The van der Waals surface area contributed by atoms with Crippen LogP contribution in [0.4, 0.5) is 5.69 Å². The van der Waals surface area contributed by atoms with Gasteiger partial charge in [-0.3, -0.25) is 9.59 Å². The number of nitrogens with zero attached hydrogens (tertiary/aromatic N) is 3. The van der Waals surface area contributed by atoms with E-state index in [1.807, 2.05) is 9.80 Å². The van der Waals surface area contributed by atoms with E-state index in [0.717, 1.165) is 45.6 Å². The summed E-state index contributed by atoms with van der Waals surface area (Å²) in [4.78, 5) is 32.6. The van der Waals surface area contributed by atoms with Crippen LogP contribution in [0.5, 0.6) is 0 Å². The molecular formula is C21H31N4O3+. The number of piperazine rings is 1. The number of nitrogens with one attached hydrogen (secondary N) is 1. The second kappa shape index (κ2) is 8.92. The fourth-order valence-electron chi connectivity index (χ4n) is 4.43. The van der Waals surface area contributed by atoms with Crippen LogP contribution in [0.15, 0.2) is 24.3 Å². The van der Waals surface area contributed by atoms with Crippen LogP contribution in [-0.4, -0.2) is 93.7 Å². The largest absolute Gasteiger partial charge is 0.378 e. The molecule has 2 amide bonds. The number of hydrogen-bond donors (Lipinski definition) is 1. The molecule has 152 valence electrons. The summed E-state index contributed by atoms with van der Waals surface area (Å²) in [5.74, 6) is 0.415. The Balaban J connectivity index is 1.25. The normalized spacial score (nSPS) is 20.8. The van der Waals surface area contributed by atoms with Gasteiger partial charge >= 0.3 is 0 Å². The zero-order valence-electron chi connectivity index (χ0n) is 16.6. The maximum Gasteiger partial charge on any atom is 0.277 e. The summed E-state index contributed by atoms with van der Waals surface area (Å²) in [5.41, 5.74) is 2.56. The Morgan fingerprint density at radius 2 is 1.64 bits per heavy atom. The average Bonchev–Trinajstić information content (AvgIpc) is 2.75. The third-order valence-electron chi connectivity index (χ3n) is 6.12. The second-order valence-electron chi connectivity index (χ2n) is 7.95. The molecule has 0 aliphatic carbocycles. The molecule has 7 nitrogen and oxygen atoms in total. The molecular weight excluding hydrogens is 356 g/mol. The third-order valence-corrected chi connectivity index (χ3v) is 6.12. The van der Waals surface area contributed by atoms with Gasteiger partial charge in [0.15, 0.2) is 6.54 Å². The highest BCUT2D eigenvalue weighted by Crippen LogP contribution is 2.26. The van der Waals surface area contributed by atoms with Gasteiger partial charge in [-0.2, -0.15) is 0 Å². The number of aryl methyl sites for hydroxylation is 1. The number of para-hydroxylation sites is 1. The minimum Gasteiger partial charge on any atom is -0.378 e. The Bertz CT molecular complexity index is 697. The van der Waals surface area contributed by atoms with Crippen LogP contribution in [-0.2, 0) is 20.7 Å². The Kier molecular flexibility index (Phi) is 6.12. The Hall–Kier alpha value is -2.12. The van der Waals surface area contributed by atoms with Crippen molar-refractivity contribution in [2.24, 2.45) is 0 Å². The summed E-state index contributed by atoms with van der Waals surface area (Å²) < 4.78 is 5.32. The van der Waals surface area contributed by atoms with Gasteiger partial charge in [-0.25, -0.2) is 0 Å². The molecule has 0 spiro atoms. The summed E-state index contributed by atoms with van der Waals surface area (Å²) in [6.07, 6.45) is 2.20. The first kappa shape index (κ1) is 19.2. The number of hydrogen-bond acceptors (Lipinski definition) is 4. The van der Waals surface area contributed by atoms with E-state index in [9.17, 15) is 9.59 Å². The van der Waals surface area contributed by atoms with Crippen molar-refractivity contribution in [1.82, 2.24) is 9.80 Å². The molecule has 7 heteroatoms. The van der Waals surface area contributed by atoms with Gasteiger partial charge in [-0.05, 0) is 24.5 Å². The lowest BCUT2D eigenvalue weighted by molar-refractivity contribution is -0.896. The number of fused-ring (bicyclic) bond motifs is 1. The Labute approximate surface area is 166 Å². The van der Waals surface area contributed by atoms with Crippen LogP contribution in [0.25, 0.3) is 0 Å². The van der Waals surface area contributed by atoms with Crippen LogP contribution >= 0.6 is 0 Å². The van der Waals surface area contributed by atoms with E-state index in [-0.39, 0.29) is 11.8 Å². The number of quaternary nitrogens is 1. The SMILES string of the molecule is O=C(CN1CCCc2ccccc21)N1CC[NH+](CC(=O)N2CCOCC2)CC1. The number of benzene rings is 1. The van der Waals surface area contributed by atoms with Crippen LogP contribution in [0.1, 0.15) is 12.0 Å². The number of carbonyl (C=O) groups is 2. The summed E-state index contributed by atoms with van der Waals surface area (Å²) in [5, 5.41) is 0. The predicted octanol–water partition coefficient (Wildman–Crippen LogP) is -0.975. The topological polar surface area (TPSA) is 57.5 Å². The summed E-state index contributed by atoms with van der Waals surface area (Å²) in [7, 11) is 0. The fraction of sp³-hybridized carbons (Fsp3) is 0.619. The smallest absolute Gasteiger partial charge is 0.277 e. The highest BCUT2D eigenvalue weighted by molar-refractivity contribution is 5.82. The maximum absolute atomic E-state index is 12.8. The van der Waals surface area contributed by atoms with E-state index in [4.69, 9.17) is 4.74 Å². The highest BCUT2D eigenvalue weighted by Gasteiger charge is 2.29. The molecule has 2 saturated heterocycles. The lowest BCUT2D eigenvalue weighted by atomic mass is 10.0. The minimum atomic E-state index is 0.204. The van der Waals surface area contributed by atoms with E-state index >= 15 is 0 Å². The van der Waals surface area contributed by atoms with E-state index in [2.05, 4.69) is 29.2 Å². The summed E-state index contributed by atoms with van der Waals surface area (Å²) in [6.45, 7) is 7.79. The second-order valence-corrected chi connectivity index (χ2v) is 7.95. The molecule has 1 N–H and O–H groups in total. The minimum absolute atomic E-state index is 0.204. The van der Waals surface area contributed by atoms with E-state index in [1.54, 1.807) is 0 Å². The van der Waals surface area contributed by atoms with Gasteiger partial charge in [0, 0.05) is 25.3 Å². The van der Waals surface area contributed by atoms with Crippen molar-refractivity contribution < 1.29 is 19.2 Å². The maximum atomic E-state index is 12.8. The molecule has 0 aromatic heterocycles. The van der Waals surface area contributed by atoms with Crippen LogP contribution in [0.3, 0.4) is 0 Å². The standard InChI is InChI=1S/C21H30N4O3/c26-20(24-12-14-28-15-13-24)16-22-8-10-23(11-9-22)21(27)17-25-7-3-5-18-4-1-2-6-19(18)25/h1-2,4,6H,3,5,7-17H2/p+1. The molecule has 3 aliphatic heterocycles. The van der Waals surface area contributed by atoms with Crippen LogP contribution in [0, 0.1) is 0 Å². The summed E-state index contributed by atoms with van der Waals surface area (Å²) >= 11 is 0. The first-order valence-corrected chi connectivity index (χ1v) is 10.5. The Morgan fingerprint density at radius 1 is 0.929 bits per heavy atom. The zero-order chi connectivity index (χ0) is 19.3. The number of ether oxygens (including phenoxy) is 1. The highest BCUT2D eigenvalue weighted by atomic mass is 16.5. The molecule has 3 aliphatic rings. The van der Waals surface area contributed by atoms with E-state index in [1.165, 1.54) is 16.2 Å². The van der Waals surface area contributed by atoms with Gasteiger partial charge in [-0.1, -0.05) is 18.2 Å². The van der Waals surface area contributed by atoms with E-state index < -0.39 is 0 Å². The molecule has 0 saturated carbocycles. The van der Waals surface area contributed by atoms with Crippen molar-refractivity contribution in [2.45, 2.75) is 12.8 Å². The monoisotopic (exact) mass is 387 g/mol. The number of carbonyl (C=O) groups excluding carboxylic acids is 2. The van der Waals surface area contributed by atoms with Gasteiger partial charge in [0.1, 0.15) is 0 Å². The van der Waals surface area contributed by atoms with Gasteiger partial charge in [0.2, 0.25) is 5.91 Å². The average molecular weight is 388 g/mol. The van der Waals surface area contributed by atoms with Gasteiger partial charge < -0.3 is 24.3 Å². The lowest BCUT2D eigenvalue weighted by Crippen LogP contribution is -3.15. The van der Waals surface area contributed by atoms with Gasteiger partial charge in [0.25, 0.3) is 5.91 Å². The number of amides is 2. The van der Waals surface area contributed by atoms with Gasteiger partial charge in [0.05, 0.1) is 45.9 Å². The van der Waals surface area contributed by atoms with Crippen molar-refractivity contribution in [3.63, 3.8) is 0 Å². The van der Waals surface area contributed by atoms with Crippen molar-refractivity contribution >= 4 is 17.5 Å². The molecule has 0 unspecified atom stereocenters. The third kappa shape index (κ3) is 4.47. The molecule has 2 fully saturated rings. The van der Waals surface area contributed by atoms with Crippen molar-refractivity contribution in [3.8, 4) is 0 Å². The zero-order valence-corrected chi connectivity index (χ0v) is 16.6. The predicted molar refractivity (Wildman–Crippen MR) is 107 cm³/mol. The van der Waals surface area contributed by atoms with Gasteiger partial charge in [-0.15, -0.1) is 0 Å². The molecule has 0 atom stereocenters. The van der Waals surface area contributed by atoms with Crippen LogP contribution in [0.2, 0.25) is 0 Å². The fourth-order valence-corrected chi connectivity index (χ4v) is 4.43. The van der Waals surface area contributed by atoms with Crippen molar-refractivity contribution in [1.29, 1.82) is 0 Å². The van der Waals surface area contributed by atoms with Crippen LogP contribution < -0.4 is 9.80 Å².